The lowest BCUT2D eigenvalue weighted by atomic mass is 9.87. The van der Waals surface area contributed by atoms with Crippen LogP contribution in [0.5, 0.6) is 5.75 Å². The number of benzene rings is 1. The highest BCUT2D eigenvalue weighted by atomic mass is 19.1. The first-order valence-corrected chi connectivity index (χ1v) is 6.08. The van der Waals surface area contributed by atoms with Gasteiger partial charge >= 0.3 is 0 Å². The Balaban J connectivity index is 3.16. The van der Waals surface area contributed by atoms with E-state index in [0.29, 0.717) is 11.3 Å². The smallest absolute Gasteiger partial charge is 0.131 e. The monoisotopic (exact) mass is 255 g/mol. The Kier molecular flexibility index (Phi) is 5.11. The van der Waals surface area contributed by atoms with Gasteiger partial charge in [0.25, 0.3) is 0 Å². The van der Waals surface area contributed by atoms with Crippen molar-refractivity contribution in [3.05, 3.63) is 29.6 Å². The van der Waals surface area contributed by atoms with E-state index in [1.54, 1.807) is 26.3 Å². The molecule has 2 atom stereocenters. The molecule has 1 rings (SSSR count). The fourth-order valence-corrected chi connectivity index (χ4v) is 2.13. The molecule has 0 aliphatic carbocycles. The van der Waals surface area contributed by atoms with Gasteiger partial charge in [0.1, 0.15) is 11.6 Å². The molecule has 0 spiro atoms. The molecule has 2 unspecified atom stereocenters. The number of halogens is 1. The highest BCUT2D eigenvalue weighted by molar-refractivity contribution is 5.32. The first-order chi connectivity index (χ1) is 8.52. The molecule has 1 aromatic carbocycles. The van der Waals surface area contributed by atoms with Crippen molar-refractivity contribution in [2.45, 2.75) is 31.9 Å². The number of likely N-dealkylation sites (N-methyl/N-ethyl adjacent to an activating group) is 1. The lowest BCUT2D eigenvalue weighted by Gasteiger charge is -2.36. The standard InChI is InChI=1S/C14H22FNO2/c1-6-14(2,18-5)13(16-3)11-8-7-10(17-4)9-12(11)15/h7-9,13,16H,6H2,1-5H3. The number of hydrogen-bond donors (Lipinski definition) is 1. The van der Waals surface area contributed by atoms with E-state index in [9.17, 15) is 4.39 Å². The van der Waals surface area contributed by atoms with Crippen molar-refractivity contribution >= 4 is 0 Å². The number of methoxy groups -OCH3 is 2. The average Bonchev–Trinajstić information content (AvgIpc) is 2.40. The Morgan fingerprint density at radius 2 is 2.06 bits per heavy atom. The number of nitrogens with one attached hydrogen (secondary N) is 1. The van der Waals surface area contributed by atoms with E-state index in [1.165, 1.54) is 13.2 Å². The molecule has 0 bridgehead atoms. The van der Waals surface area contributed by atoms with Crippen molar-refractivity contribution in [2.24, 2.45) is 0 Å². The molecule has 0 saturated heterocycles. The Morgan fingerprint density at radius 3 is 2.44 bits per heavy atom. The van der Waals surface area contributed by atoms with Crippen molar-refractivity contribution in [1.82, 2.24) is 5.32 Å². The summed E-state index contributed by atoms with van der Waals surface area (Å²) in [5.41, 5.74) is 0.133. The number of rotatable bonds is 6. The van der Waals surface area contributed by atoms with Gasteiger partial charge in [0.15, 0.2) is 0 Å². The Hall–Kier alpha value is -1.13. The molecule has 3 nitrogen and oxygen atoms in total. The summed E-state index contributed by atoms with van der Waals surface area (Å²) >= 11 is 0. The Labute approximate surface area is 108 Å². The average molecular weight is 255 g/mol. The third kappa shape index (κ3) is 2.82. The lowest BCUT2D eigenvalue weighted by molar-refractivity contribution is -0.0289. The molecular formula is C14H22FNO2. The predicted octanol–water partition coefficient (Wildman–Crippen LogP) is 2.91. The fraction of sp³-hybridized carbons (Fsp3) is 0.571. The van der Waals surface area contributed by atoms with E-state index in [1.807, 2.05) is 13.8 Å². The quantitative estimate of drug-likeness (QED) is 0.847. The minimum absolute atomic E-state index is 0.210. The van der Waals surface area contributed by atoms with Crippen LogP contribution in [0.15, 0.2) is 18.2 Å². The van der Waals surface area contributed by atoms with Crippen molar-refractivity contribution in [1.29, 1.82) is 0 Å². The first kappa shape index (κ1) is 14.9. The van der Waals surface area contributed by atoms with Crippen LogP contribution in [0.2, 0.25) is 0 Å². The van der Waals surface area contributed by atoms with E-state index >= 15 is 0 Å². The van der Waals surface area contributed by atoms with E-state index in [0.717, 1.165) is 6.42 Å². The molecule has 4 heteroatoms. The van der Waals surface area contributed by atoms with Crippen LogP contribution in [-0.2, 0) is 4.74 Å². The van der Waals surface area contributed by atoms with Crippen LogP contribution in [0.4, 0.5) is 4.39 Å². The molecule has 0 aromatic heterocycles. The molecule has 0 aliphatic heterocycles. The summed E-state index contributed by atoms with van der Waals surface area (Å²) < 4.78 is 24.7. The maximum atomic E-state index is 14.1. The van der Waals surface area contributed by atoms with Crippen LogP contribution < -0.4 is 10.1 Å². The van der Waals surface area contributed by atoms with Gasteiger partial charge < -0.3 is 14.8 Å². The van der Waals surface area contributed by atoms with Gasteiger partial charge in [-0.25, -0.2) is 4.39 Å². The van der Waals surface area contributed by atoms with Gasteiger partial charge in [0.05, 0.1) is 18.8 Å². The van der Waals surface area contributed by atoms with Crippen molar-refractivity contribution in [2.75, 3.05) is 21.3 Å². The molecule has 0 fully saturated rings. The predicted molar refractivity (Wildman–Crippen MR) is 70.5 cm³/mol. The zero-order valence-electron chi connectivity index (χ0n) is 11.7. The van der Waals surface area contributed by atoms with E-state index in [4.69, 9.17) is 9.47 Å². The van der Waals surface area contributed by atoms with Crippen LogP contribution in [-0.4, -0.2) is 26.9 Å². The topological polar surface area (TPSA) is 30.5 Å². The lowest BCUT2D eigenvalue weighted by Crippen LogP contribution is -2.41. The molecule has 0 heterocycles. The highest BCUT2D eigenvalue weighted by Crippen LogP contribution is 2.33. The van der Waals surface area contributed by atoms with Gasteiger partial charge in [-0.1, -0.05) is 13.0 Å². The summed E-state index contributed by atoms with van der Waals surface area (Å²) in [4.78, 5) is 0. The summed E-state index contributed by atoms with van der Waals surface area (Å²) in [6.45, 7) is 3.99. The van der Waals surface area contributed by atoms with Gasteiger partial charge in [0, 0.05) is 18.7 Å². The number of hydrogen-bond acceptors (Lipinski definition) is 3. The fourth-order valence-electron chi connectivity index (χ4n) is 2.13. The van der Waals surface area contributed by atoms with Gasteiger partial charge in [-0.3, -0.25) is 0 Å². The minimum atomic E-state index is -0.454. The third-order valence-electron chi connectivity index (χ3n) is 3.59. The second-order valence-electron chi connectivity index (χ2n) is 4.48. The van der Waals surface area contributed by atoms with Crippen molar-refractivity contribution < 1.29 is 13.9 Å². The zero-order chi connectivity index (χ0) is 13.8. The van der Waals surface area contributed by atoms with Gasteiger partial charge in [0.2, 0.25) is 0 Å². The summed E-state index contributed by atoms with van der Waals surface area (Å²) in [5, 5.41) is 3.13. The first-order valence-electron chi connectivity index (χ1n) is 6.08. The summed E-state index contributed by atoms with van der Waals surface area (Å²) in [6, 6.07) is 4.68. The molecule has 18 heavy (non-hydrogen) atoms. The van der Waals surface area contributed by atoms with Crippen LogP contribution in [0.25, 0.3) is 0 Å². The highest BCUT2D eigenvalue weighted by Gasteiger charge is 2.34. The van der Waals surface area contributed by atoms with E-state index in [2.05, 4.69) is 5.32 Å². The molecule has 1 N–H and O–H groups in total. The Morgan fingerprint density at radius 1 is 1.39 bits per heavy atom. The maximum absolute atomic E-state index is 14.1. The number of ether oxygens (including phenoxy) is 2. The summed E-state index contributed by atoms with van der Waals surface area (Å²) in [5.74, 6) is 0.229. The van der Waals surface area contributed by atoms with Crippen molar-refractivity contribution in [3.63, 3.8) is 0 Å². The van der Waals surface area contributed by atoms with Crippen molar-refractivity contribution in [3.8, 4) is 5.75 Å². The summed E-state index contributed by atoms with van der Waals surface area (Å²) in [7, 11) is 4.98. The maximum Gasteiger partial charge on any atom is 0.131 e. The molecule has 0 radical (unpaired) electrons. The van der Waals surface area contributed by atoms with E-state index < -0.39 is 5.60 Å². The second-order valence-corrected chi connectivity index (χ2v) is 4.48. The largest absolute Gasteiger partial charge is 0.497 e. The second kappa shape index (κ2) is 6.16. The summed E-state index contributed by atoms with van der Waals surface area (Å²) in [6.07, 6.45) is 0.778. The SMILES string of the molecule is CCC(C)(OC)C(NC)c1ccc(OC)cc1F. The molecule has 0 saturated carbocycles. The van der Waals surface area contributed by atoms with Gasteiger partial charge in [-0.05, 0) is 26.5 Å². The molecular weight excluding hydrogens is 233 g/mol. The van der Waals surface area contributed by atoms with Crippen LogP contribution >= 0.6 is 0 Å². The minimum Gasteiger partial charge on any atom is -0.497 e. The van der Waals surface area contributed by atoms with E-state index in [-0.39, 0.29) is 11.9 Å². The molecule has 0 amide bonds. The molecule has 0 aliphatic rings. The van der Waals surface area contributed by atoms with Gasteiger partial charge in [-0.15, -0.1) is 0 Å². The van der Waals surface area contributed by atoms with Gasteiger partial charge in [-0.2, -0.15) is 0 Å². The zero-order valence-corrected chi connectivity index (χ0v) is 11.7. The molecule has 102 valence electrons. The van der Waals surface area contributed by atoms with Crippen LogP contribution in [0.1, 0.15) is 31.9 Å². The molecule has 1 aromatic rings. The Bertz CT molecular complexity index is 391. The normalized spacial score (nSPS) is 16.1. The van der Waals surface area contributed by atoms with Crippen LogP contribution in [0.3, 0.4) is 0 Å². The third-order valence-corrected chi connectivity index (χ3v) is 3.59. The van der Waals surface area contributed by atoms with Crippen LogP contribution in [0, 0.1) is 5.82 Å².